The molecule has 1 aromatic heterocycles. The first-order chi connectivity index (χ1) is 11.6. The minimum atomic E-state index is -0.341. The molecule has 1 aliphatic heterocycles. The number of fused-ring (bicyclic) bond motifs is 3. The average Bonchev–Trinajstić information content (AvgIpc) is 3.17. The van der Waals surface area contributed by atoms with Crippen LogP contribution in [-0.2, 0) is 5.41 Å². The quantitative estimate of drug-likeness (QED) is 0.680. The van der Waals surface area contributed by atoms with E-state index in [-0.39, 0.29) is 11.9 Å². The van der Waals surface area contributed by atoms with Crippen LogP contribution in [0.15, 0.2) is 36.4 Å². The molecule has 1 saturated carbocycles. The Hall–Kier alpha value is -2.69. The van der Waals surface area contributed by atoms with Gasteiger partial charge in [0, 0.05) is 24.4 Å². The Labute approximate surface area is 135 Å². The van der Waals surface area contributed by atoms with Gasteiger partial charge in [-0.15, -0.1) is 0 Å². The summed E-state index contributed by atoms with van der Waals surface area (Å²) in [6.07, 6.45) is 0.962. The van der Waals surface area contributed by atoms with Crippen LogP contribution in [0.3, 0.4) is 0 Å². The molecule has 1 fully saturated rings. The summed E-state index contributed by atoms with van der Waals surface area (Å²) in [6.45, 7) is -0.341. The maximum atomic E-state index is 8.57. The van der Waals surface area contributed by atoms with Gasteiger partial charge in [-0.3, -0.25) is 5.10 Å². The fourth-order valence-corrected chi connectivity index (χ4v) is 3.87. The van der Waals surface area contributed by atoms with Crippen LogP contribution >= 0.6 is 0 Å². The maximum absolute atomic E-state index is 8.57. The molecule has 1 aliphatic carbocycles. The number of nitrogens with one attached hydrogen (secondary N) is 2. The molecule has 0 amide bonds. The molecule has 5 nitrogen and oxygen atoms in total. The van der Waals surface area contributed by atoms with Gasteiger partial charge < -0.3 is 15.8 Å². The SMILES string of the molecule is [2H]C1Nc2ccc(OC)cc2[C@]12C[C@H]2c1ccc2c(N)n[nH]c2c1. The predicted octanol–water partition coefficient (Wildman–Crippen LogP) is 3.00. The van der Waals surface area contributed by atoms with Gasteiger partial charge in [-0.1, -0.05) is 6.07 Å². The maximum Gasteiger partial charge on any atom is 0.153 e. The highest BCUT2D eigenvalue weighted by Gasteiger charge is 2.59. The van der Waals surface area contributed by atoms with Crippen molar-refractivity contribution in [3.63, 3.8) is 0 Å². The van der Waals surface area contributed by atoms with Gasteiger partial charge in [0.2, 0.25) is 0 Å². The second-order valence-corrected chi connectivity index (χ2v) is 6.41. The van der Waals surface area contributed by atoms with Crippen LogP contribution in [0.2, 0.25) is 0 Å². The third kappa shape index (κ3) is 1.64. The molecule has 2 aromatic carbocycles. The standard InChI is InChI=1S/C18H18N4O/c1-23-11-3-5-15-13(7-11)18(9-20-15)8-14(18)10-2-4-12-16(6-10)21-22-17(12)19/h2-7,14,20H,8-9H2,1H3,(H3,19,21,22)/t14-,18-/m0/s1/i9D/t9?,14-,18-. The Bertz CT molecular complexity index is 969. The van der Waals surface area contributed by atoms with Crippen molar-refractivity contribution >= 4 is 22.4 Å². The largest absolute Gasteiger partial charge is 0.497 e. The second-order valence-electron chi connectivity index (χ2n) is 6.41. The Kier molecular flexibility index (Phi) is 2.15. The number of benzene rings is 2. The van der Waals surface area contributed by atoms with Crippen molar-refractivity contribution in [3.05, 3.63) is 47.5 Å². The Morgan fingerprint density at radius 3 is 3.13 bits per heavy atom. The third-order valence-corrected chi connectivity index (χ3v) is 5.24. The Morgan fingerprint density at radius 1 is 1.35 bits per heavy atom. The van der Waals surface area contributed by atoms with Gasteiger partial charge in [0.05, 0.1) is 12.6 Å². The minimum absolute atomic E-state index is 0.177. The summed E-state index contributed by atoms with van der Waals surface area (Å²) in [4.78, 5) is 0. The number of anilines is 2. The monoisotopic (exact) mass is 307 g/mol. The number of hydrogen-bond acceptors (Lipinski definition) is 4. The molecule has 116 valence electrons. The van der Waals surface area contributed by atoms with Crippen LogP contribution in [0, 0.1) is 0 Å². The van der Waals surface area contributed by atoms with E-state index in [4.69, 9.17) is 11.8 Å². The molecular weight excluding hydrogens is 288 g/mol. The first-order valence-corrected chi connectivity index (χ1v) is 7.74. The van der Waals surface area contributed by atoms with Crippen molar-refractivity contribution in [1.82, 2.24) is 10.2 Å². The van der Waals surface area contributed by atoms with Gasteiger partial charge >= 0.3 is 0 Å². The molecule has 0 saturated heterocycles. The molecule has 3 atom stereocenters. The lowest BCUT2D eigenvalue weighted by Crippen LogP contribution is -2.12. The van der Waals surface area contributed by atoms with Crippen molar-refractivity contribution in [2.45, 2.75) is 17.8 Å². The van der Waals surface area contributed by atoms with Crippen LogP contribution in [0.25, 0.3) is 10.9 Å². The molecule has 4 N–H and O–H groups in total. The average molecular weight is 307 g/mol. The van der Waals surface area contributed by atoms with Crippen molar-refractivity contribution in [1.29, 1.82) is 0 Å². The molecule has 5 rings (SSSR count). The molecular formula is C18H18N4O. The molecule has 0 radical (unpaired) electrons. The predicted molar refractivity (Wildman–Crippen MR) is 91.0 cm³/mol. The fraction of sp³-hybridized carbons (Fsp3) is 0.278. The van der Waals surface area contributed by atoms with E-state index in [2.05, 4.69) is 33.7 Å². The molecule has 5 heteroatoms. The smallest absolute Gasteiger partial charge is 0.153 e. The number of H-pyrrole nitrogens is 1. The van der Waals surface area contributed by atoms with E-state index in [1.165, 1.54) is 11.1 Å². The highest BCUT2D eigenvalue weighted by Crippen LogP contribution is 2.64. The summed E-state index contributed by atoms with van der Waals surface area (Å²) in [6, 6.07) is 12.3. The van der Waals surface area contributed by atoms with E-state index in [0.29, 0.717) is 11.7 Å². The summed E-state index contributed by atoms with van der Waals surface area (Å²) in [5.41, 5.74) is 10.1. The molecule has 2 heterocycles. The lowest BCUT2D eigenvalue weighted by Gasteiger charge is -2.11. The van der Waals surface area contributed by atoms with Gasteiger partial charge in [0.15, 0.2) is 5.82 Å². The van der Waals surface area contributed by atoms with E-state index >= 15 is 0 Å². The molecule has 3 aromatic rings. The van der Waals surface area contributed by atoms with E-state index in [0.717, 1.165) is 28.8 Å². The van der Waals surface area contributed by atoms with Crippen LogP contribution in [0.5, 0.6) is 5.75 Å². The molecule has 1 spiro atoms. The minimum Gasteiger partial charge on any atom is -0.497 e. The summed E-state index contributed by atoms with van der Waals surface area (Å²) in [5.74, 6) is 1.68. The van der Waals surface area contributed by atoms with Crippen LogP contribution in [0.4, 0.5) is 11.5 Å². The van der Waals surface area contributed by atoms with E-state index < -0.39 is 0 Å². The number of aromatic amines is 1. The number of nitrogen functional groups attached to an aromatic ring is 1. The van der Waals surface area contributed by atoms with E-state index in [1.54, 1.807) is 7.11 Å². The number of aromatic nitrogens is 2. The van der Waals surface area contributed by atoms with Crippen LogP contribution in [-0.4, -0.2) is 23.8 Å². The Morgan fingerprint density at radius 2 is 2.26 bits per heavy atom. The zero-order chi connectivity index (χ0) is 16.5. The van der Waals surface area contributed by atoms with Crippen molar-refractivity contribution in [3.8, 4) is 5.75 Å². The number of nitrogens with zero attached hydrogens (tertiary/aromatic N) is 1. The highest BCUT2D eigenvalue weighted by molar-refractivity contribution is 5.89. The van der Waals surface area contributed by atoms with Crippen molar-refractivity contribution < 1.29 is 6.11 Å². The van der Waals surface area contributed by atoms with Crippen molar-refractivity contribution in [2.75, 3.05) is 24.7 Å². The first kappa shape index (κ1) is 11.8. The van der Waals surface area contributed by atoms with Crippen LogP contribution in [0.1, 0.15) is 24.8 Å². The van der Waals surface area contributed by atoms with E-state index in [9.17, 15) is 0 Å². The number of nitrogens with two attached hydrogens (primary N) is 1. The van der Waals surface area contributed by atoms with Gasteiger partial charge in [0.1, 0.15) is 5.75 Å². The molecule has 0 bridgehead atoms. The summed E-state index contributed by atoms with van der Waals surface area (Å²) in [5, 5.41) is 11.3. The number of hydrogen-bond donors (Lipinski definition) is 3. The lowest BCUT2D eigenvalue weighted by atomic mass is 9.92. The summed E-state index contributed by atoms with van der Waals surface area (Å²) in [7, 11) is 1.68. The number of methoxy groups -OCH3 is 1. The summed E-state index contributed by atoms with van der Waals surface area (Å²) >= 11 is 0. The zero-order valence-electron chi connectivity index (χ0n) is 13.8. The molecule has 23 heavy (non-hydrogen) atoms. The summed E-state index contributed by atoms with van der Waals surface area (Å²) < 4.78 is 13.9. The van der Waals surface area contributed by atoms with Crippen LogP contribution < -0.4 is 15.8 Å². The van der Waals surface area contributed by atoms with Gasteiger partial charge in [-0.2, -0.15) is 5.10 Å². The topological polar surface area (TPSA) is 76.0 Å². The fourth-order valence-electron chi connectivity index (χ4n) is 3.87. The normalized spacial score (nSPS) is 28.5. The van der Waals surface area contributed by atoms with E-state index in [1.807, 2.05) is 18.2 Å². The van der Waals surface area contributed by atoms with Gasteiger partial charge in [-0.05, 0) is 53.8 Å². The van der Waals surface area contributed by atoms with Gasteiger partial charge in [0.25, 0.3) is 0 Å². The first-order valence-electron chi connectivity index (χ1n) is 8.32. The Balaban J connectivity index is 1.59. The second kappa shape index (κ2) is 4.19. The molecule has 2 aliphatic rings. The number of ether oxygens (including phenoxy) is 1. The lowest BCUT2D eigenvalue weighted by molar-refractivity contribution is 0.414. The number of rotatable bonds is 2. The molecule has 1 unspecified atom stereocenters. The third-order valence-electron chi connectivity index (χ3n) is 5.24. The van der Waals surface area contributed by atoms with Gasteiger partial charge in [-0.25, -0.2) is 0 Å². The highest BCUT2D eigenvalue weighted by atomic mass is 16.5. The zero-order valence-corrected chi connectivity index (χ0v) is 12.8. The van der Waals surface area contributed by atoms with Crippen molar-refractivity contribution in [2.24, 2.45) is 0 Å².